The smallest absolute Gasteiger partial charge is 0.291 e. The lowest BCUT2D eigenvalue weighted by molar-refractivity contribution is 0.124. The molecular formula is C15H24O4. The molecule has 0 aromatic carbocycles. The number of aliphatic hydroxyl groups excluding tert-OH is 1. The minimum Gasteiger partial charge on any atom is -0.468 e. The largest absolute Gasteiger partial charge is 0.468 e. The van der Waals surface area contributed by atoms with Gasteiger partial charge >= 0.3 is 0 Å². The second-order valence-electron chi connectivity index (χ2n) is 4.90. The van der Waals surface area contributed by atoms with Gasteiger partial charge < -0.3 is 14.3 Å². The van der Waals surface area contributed by atoms with Crippen molar-refractivity contribution in [2.24, 2.45) is 0 Å². The van der Waals surface area contributed by atoms with E-state index in [1.54, 1.807) is 13.8 Å². The average Bonchev–Trinajstić information content (AvgIpc) is 2.41. The standard InChI is InChI=1S/C15H24O4/c1-5-6-7-8-9-12(16)14-10(2)13(17)11(3)15(18-4)19-14/h12,16H,5-9H2,1-4H3/t12-/m0/s1. The predicted molar refractivity (Wildman–Crippen MR) is 74.7 cm³/mol. The summed E-state index contributed by atoms with van der Waals surface area (Å²) >= 11 is 0. The van der Waals surface area contributed by atoms with Crippen molar-refractivity contribution < 1.29 is 14.3 Å². The zero-order valence-corrected chi connectivity index (χ0v) is 12.3. The molecule has 108 valence electrons. The Morgan fingerprint density at radius 2 is 1.89 bits per heavy atom. The van der Waals surface area contributed by atoms with Gasteiger partial charge in [-0.05, 0) is 20.3 Å². The fourth-order valence-electron chi connectivity index (χ4n) is 2.15. The molecule has 0 fully saturated rings. The summed E-state index contributed by atoms with van der Waals surface area (Å²) in [5, 5.41) is 10.1. The third-order valence-corrected chi connectivity index (χ3v) is 3.38. The number of rotatable bonds is 7. The van der Waals surface area contributed by atoms with Crippen molar-refractivity contribution in [1.29, 1.82) is 0 Å². The highest BCUT2D eigenvalue weighted by atomic mass is 16.6. The maximum absolute atomic E-state index is 12.0. The molecule has 0 saturated carbocycles. The van der Waals surface area contributed by atoms with Crippen LogP contribution in [0.15, 0.2) is 9.21 Å². The van der Waals surface area contributed by atoms with Crippen molar-refractivity contribution in [3.05, 3.63) is 27.1 Å². The molecule has 0 amide bonds. The van der Waals surface area contributed by atoms with Gasteiger partial charge in [0, 0.05) is 5.56 Å². The van der Waals surface area contributed by atoms with Gasteiger partial charge in [0.2, 0.25) is 0 Å². The van der Waals surface area contributed by atoms with Gasteiger partial charge in [0.15, 0.2) is 5.43 Å². The Bertz CT molecular complexity index is 462. The van der Waals surface area contributed by atoms with Crippen LogP contribution in [0.1, 0.15) is 62.0 Å². The van der Waals surface area contributed by atoms with Crippen LogP contribution < -0.4 is 10.2 Å². The van der Waals surface area contributed by atoms with Crippen molar-refractivity contribution in [3.8, 4) is 5.95 Å². The monoisotopic (exact) mass is 268 g/mol. The van der Waals surface area contributed by atoms with E-state index in [9.17, 15) is 9.90 Å². The molecule has 4 heteroatoms. The van der Waals surface area contributed by atoms with Crippen molar-refractivity contribution in [2.45, 2.75) is 59.0 Å². The number of ether oxygens (including phenoxy) is 1. The summed E-state index contributed by atoms with van der Waals surface area (Å²) in [6, 6.07) is 0. The molecule has 1 aromatic rings. The molecule has 1 heterocycles. The second-order valence-corrected chi connectivity index (χ2v) is 4.90. The molecule has 0 aliphatic heterocycles. The highest BCUT2D eigenvalue weighted by Crippen LogP contribution is 2.26. The summed E-state index contributed by atoms with van der Waals surface area (Å²) < 4.78 is 10.6. The van der Waals surface area contributed by atoms with E-state index < -0.39 is 6.10 Å². The van der Waals surface area contributed by atoms with Crippen molar-refractivity contribution in [2.75, 3.05) is 7.11 Å². The summed E-state index contributed by atoms with van der Waals surface area (Å²) in [7, 11) is 1.46. The molecule has 1 atom stereocenters. The lowest BCUT2D eigenvalue weighted by Crippen LogP contribution is -2.15. The van der Waals surface area contributed by atoms with E-state index in [0.29, 0.717) is 23.3 Å². The minimum absolute atomic E-state index is 0.120. The molecular weight excluding hydrogens is 244 g/mol. The summed E-state index contributed by atoms with van der Waals surface area (Å²) in [5.41, 5.74) is 0.800. The quantitative estimate of drug-likeness (QED) is 0.771. The van der Waals surface area contributed by atoms with Crippen LogP contribution in [0.5, 0.6) is 5.95 Å². The van der Waals surface area contributed by atoms with Gasteiger partial charge in [-0.25, -0.2) is 0 Å². The van der Waals surface area contributed by atoms with Crippen LogP contribution in [0.4, 0.5) is 0 Å². The van der Waals surface area contributed by atoms with Crippen LogP contribution in [0.3, 0.4) is 0 Å². The molecule has 19 heavy (non-hydrogen) atoms. The Kier molecular flexibility index (Phi) is 6.09. The van der Waals surface area contributed by atoms with Gasteiger partial charge in [-0.2, -0.15) is 0 Å². The Morgan fingerprint density at radius 1 is 1.21 bits per heavy atom. The zero-order valence-electron chi connectivity index (χ0n) is 12.3. The molecule has 0 radical (unpaired) electrons. The fraction of sp³-hybridized carbons (Fsp3) is 0.667. The van der Waals surface area contributed by atoms with E-state index >= 15 is 0 Å². The molecule has 0 saturated heterocycles. The molecule has 1 aromatic heterocycles. The Labute approximate surface area is 114 Å². The van der Waals surface area contributed by atoms with Crippen molar-refractivity contribution >= 4 is 0 Å². The van der Waals surface area contributed by atoms with Crippen LogP contribution in [0.2, 0.25) is 0 Å². The van der Waals surface area contributed by atoms with Gasteiger partial charge in [0.1, 0.15) is 11.9 Å². The lowest BCUT2D eigenvalue weighted by Gasteiger charge is -2.14. The van der Waals surface area contributed by atoms with E-state index in [2.05, 4.69) is 6.92 Å². The van der Waals surface area contributed by atoms with Gasteiger partial charge in [0.05, 0.1) is 12.7 Å². The number of unbranched alkanes of at least 4 members (excludes halogenated alkanes) is 3. The Morgan fingerprint density at radius 3 is 2.47 bits per heavy atom. The first-order chi connectivity index (χ1) is 9.02. The molecule has 1 N–H and O–H groups in total. The molecule has 0 unspecified atom stereocenters. The topological polar surface area (TPSA) is 59.7 Å². The van der Waals surface area contributed by atoms with Gasteiger partial charge in [-0.15, -0.1) is 0 Å². The number of hydrogen-bond donors (Lipinski definition) is 1. The highest BCUT2D eigenvalue weighted by Gasteiger charge is 2.19. The van der Waals surface area contributed by atoms with E-state index in [0.717, 1.165) is 25.7 Å². The van der Waals surface area contributed by atoms with Crippen molar-refractivity contribution in [3.63, 3.8) is 0 Å². The molecule has 0 aliphatic carbocycles. The molecule has 0 bridgehead atoms. The third kappa shape index (κ3) is 3.83. The average molecular weight is 268 g/mol. The van der Waals surface area contributed by atoms with E-state index in [1.165, 1.54) is 7.11 Å². The highest BCUT2D eigenvalue weighted by molar-refractivity contribution is 5.30. The normalized spacial score (nSPS) is 12.5. The van der Waals surface area contributed by atoms with Gasteiger partial charge in [-0.3, -0.25) is 4.79 Å². The summed E-state index contributed by atoms with van der Waals surface area (Å²) in [6.07, 6.45) is 4.19. The predicted octanol–water partition coefficient (Wildman–Crippen LogP) is 3.27. The van der Waals surface area contributed by atoms with Gasteiger partial charge in [-0.1, -0.05) is 32.6 Å². The lowest BCUT2D eigenvalue weighted by atomic mass is 10.0. The van der Waals surface area contributed by atoms with Gasteiger partial charge in [0.25, 0.3) is 5.95 Å². The summed E-state index contributed by atoms with van der Waals surface area (Å²) in [5.74, 6) is 0.530. The number of aliphatic hydroxyl groups is 1. The van der Waals surface area contributed by atoms with Crippen LogP contribution in [-0.4, -0.2) is 12.2 Å². The summed E-state index contributed by atoms with van der Waals surface area (Å²) in [4.78, 5) is 12.0. The molecule has 0 aliphatic rings. The zero-order chi connectivity index (χ0) is 14.4. The SMILES string of the molecule is CCCCCC[C@H](O)c1oc(OC)c(C)c(=O)c1C. The first kappa shape index (κ1) is 15.8. The minimum atomic E-state index is -0.737. The first-order valence-electron chi connectivity index (χ1n) is 6.89. The fourth-order valence-corrected chi connectivity index (χ4v) is 2.15. The van der Waals surface area contributed by atoms with Crippen LogP contribution in [0.25, 0.3) is 0 Å². The number of hydrogen-bond acceptors (Lipinski definition) is 4. The molecule has 4 nitrogen and oxygen atoms in total. The van der Waals surface area contributed by atoms with Crippen LogP contribution in [-0.2, 0) is 0 Å². The summed E-state index contributed by atoms with van der Waals surface area (Å²) in [6.45, 7) is 5.49. The number of methoxy groups -OCH3 is 1. The first-order valence-corrected chi connectivity index (χ1v) is 6.89. The Hall–Kier alpha value is -1.29. The molecule has 1 rings (SSSR count). The maximum atomic E-state index is 12.0. The second kappa shape index (κ2) is 7.34. The van der Waals surface area contributed by atoms with E-state index in [4.69, 9.17) is 9.15 Å². The van der Waals surface area contributed by atoms with Crippen LogP contribution in [0, 0.1) is 13.8 Å². The third-order valence-electron chi connectivity index (χ3n) is 3.38. The maximum Gasteiger partial charge on any atom is 0.291 e. The van der Waals surface area contributed by atoms with Crippen molar-refractivity contribution in [1.82, 2.24) is 0 Å². The Balaban J connectivity index is 2.87. The molecule has 0 spiro atoms. The van der Waals surface area contributed by atoms with E-state index in [-0.39, 0.29) is 11.4 Å². The van der Waals surface area contributed by atoms with Crippen LogP contribution >= 0.6 is 0 Å². The van der Waals surface area contributed by atoms with E-state index in [1.807, 2.05) is 0 Å².